The highest BCUT2D eigenvalue weighted by Crippen LogP contribution is 2.14. The van der Waals surface area contributed by atoms with Gasteiger partial charge in [-0.15, -0.1) is 0 Å². The fourth-order valence-corrected chi connectivity index (χ4v) is 4.12. The topological polar surface area (TPSA) is 78.8 Å². The second kappa shape index (κ2) is 9.69. The first-order valence-corrected chi connectivity index (χ1v) is 11.5. The van der Waals surface area contributed by atoms with Gasteiger partial charge in [-0.05, 0) is 31.9 Å². The molecular weight excluding hydrogens is 386 g/mol. The Kier molecular flexibility index (Phi) is 7.04. The van der Waals surface area contributed by atoms with Crippen molar-refractivity contribution in [2.75, 3.05) is 13.1 Å². The number of hydrazone groups is 1. The van der Waals surface area contributed by atoms with E-state index >= 15 is 0 Å². The normalized spacial score (nSPS) is 16.0. The minimum absolute atomic E-state index is 0.109. The van der Waals surface area contributed by atoms with E-state index in [0.29, 0.717) is 18.7 Å². The smallest absolute Gasteiger partial charge is 0.276 e. The van der Waals surface area contributed by atoms with Crippen LogP contribution in [0.2, 0.25) is 0 Å². The van der Waals surface area contributed by atoms with E-state index in [1.54, 1.807) is 41.3 Å². The largest absolute Gasteiger partial charge is 0.337 e. The number of benzene rings is 2. The summed E-state index contributed by atoms with van der Waals surface area (Å²) < 4.78 is 25.3. The van der Waals surface area contributed by atoms with Gasteiger partial charge in [-0.3, -0.25) is 4.79 Å². The maximum atomic E-state index is 13.2. The van der Waals surface area contributed by atoms with Crippen molar-refractivity contribution in [1.82, 2.24) is 9.73 Å². The van der Waals surface area contributed by atoms with Crippen LogP contribution in [-0.2, 0) is 14.8 Å². The summed E-state index contributed by atoms with van der Waals surface area (Å²) in [6.07, 6.45) is 5.28. The van der Waals surface area contributed by atoms with Gasteiger partial charge in [0.15, 0.2) is 5.71 Å². The van der Waals surface area contributed by atoms with Gasteiger partial charge in [0.2, 0.25) is 0 Å². The highest BCUT2D eigenvalue weighted by atomic mass is 32.2. The highest BCUT2D eigenvalue weighted by molar-refractivity contribution is 7.89. The van der Waals surface area contributed by atoms with Crippen molar-refractivity contribution in [2.24, 2.45) is 5.10 Å². The predicted octanol–water partition coefficient (Wildman–Crippen LogP) is 3.47. The van der Waals surface area contributed by atoms with E-state index in [0.717, 1.165) is 31.2 Å². The molecule has 7 heteroatoms. The fraction of sp³-hybridized carbons (Fsp3) is 0.364. The summed E-state index contributed by atoms with van der Waals surface area (Å²) in [5.74, 6) is -0.246. The number of likely N-dealkylation sites (tertiary alicyclic amines) is 1. The van der Waals surface area contributed by atoms with Gasteiger partial charge in [-0.1, -0.05) is 67.3 Å². The lowest BCUT2D eigenvalue weighted by Crippen LogP contribution is -2.40. The minimum Gasteiger partial charge on any atom is -0.337 e. The summed E-state index contributed by atoms with van der Waals surface area (Å²) in [7, 11) is -3.87. The van der Waals surface area contributed by atoms with Gasteiger partial charge >= 0.3 is 0 Å². The van der Waals surface area contributed by atoms with Crippen molar-refractivity contribution < 1.29 is 13.2 Å². The first-order chi connectivity index (χ1) is 14.0. The average Bonchev–Trinajstić information content (AvgIpc) is 2.69. The standard InChI is InChI=1S/C22H27N3O3S/c1-18-12-14-20(15-13-18)29(27,28)24-23-21(19-10-6-5-7-11-19)22(26)25-16-8-3-2-4-9-17-25/h5-7,10-15,24H,2-4,8-9,16-17H2,1H3/b23-21+. The molecule has 2 aromatic rings. The van der Waals surface area contributed by atoms with E-state index < -0.39 is 10.0 Å². The van der Waals surface area contributed by atoms with Crippen molar-refractivity contribution in [2.45, 2.75) is 43.9 Å². The molecule has 0 spiro atoms. The van der Waals surface area contributed by atoms with Crippen LogP contribution in [0.1, 0.15) is 43.2 Å². The maximum Gasteiger partial charge on any atom is 0.276 e. The predicted molar refractivity (Wildman–Crippen MR) is 114 cm³/mol. The Morgan fingerprint density at radius 2 is 1.48 bits per heavy atom. The van der Waals surface area contributed by atoms with E-state index in [-0.39, 0.29) is 16.5 Å². The molecule has 0 radical (unpaired) electrons. The van der Waals surface area contributed by atoms with Crippen LogP contribution in [0.3, 0.4) is 0 Å². The zero-order chi connectivity index (χ0) is 20.7. The van der Waals surface area contributed by atoms with Gasteiger partial charge in [0.1, 0.15) is 0 Å². The van der Waals surface area contributed by atoms with Gasteiger partial charge in [0, 0.05) is 18.7 Å². The number of carbonyl (C=O) groups is 1. The molecule has 0 atom stereocenters. The van der Waals surface area contributed by atoms with E-state index in [1.807, 2.05) is 13.0 Å². The van der Waals surface area contributed by atoms with Crippen molar-refractivity contribution in [1.29, 1.82) is 0 Å². The second-order valence-electron chi connectivity index (χ2n) is 7.29. The van der Waals surface area contributed by atoms with Gasteiger partial charge in [0.25, 0.3) is 15.9 Å². The van der Waals surface area contributed by atoms with E-state index in [9.17, 15) is 13.2 Å². The third-order valence-electron chi connectivity index (χ3n) is 5.00. The molecule has 1 fully saturated rings. The van der Waals surface area contributed by atoms with Gasteiger partial charge in [-0.25, -0.2) is 0 Å². The van der Waals surface area contributed by atoms with Gasteiger partial charge < -0.3 is 4.90 Å². The van der Waals surface area contributed by atoms with Crippen LogP contribution in [0.5, 0.6) is 0 Å². The molecular formula is C22H27N3O3S. The Morgan fingerprint density at radius 3 is 2.10 bits per heavy atom. The van der Waals surface area contributed by atoms with Crippen LogP contribution < -0.4 is 4.83 Å². The molecule has 0 aliphatic carbocycles. The molecule has 0 bridgehead atoms. The molecule has 0 unspecified atom stereocenters. The number of nitrogens with zero attached hydrogens (tertiary/aromatic N) is 2. The van der Waals surface area contributed by atoms with E-state index in [2.05, 4.69) is 9.93 Å². The summed E-state index contributed by atoms with van der Waals surface area (Å²) in [6.45, 7) is 3.21. The molecule has 1 N–H and O–H groups in total. The molecule has 1 heterocycles. The van der Waals surface area contributed by atoms with Crippen molar-refractivity contribution in [3.8, 4) is 0 Å². The lowest BCUT2D eigenvalue weighted by Gasteiger charge is -2.25. The molecule has 2 aromatic carbocycles. The third-order valence-corrected chi connectivity index (χ3v) is 6.23. The Hall–Kier alpha value is -2.67. The lowest BCUT2D eigenvalue weighted by molar-refractivity contribution is -0.124. The molecule has 1 aliphatic rings. The summed E-state index contributed by atoms with van der Waals surface area (Å²) in [5, 5.41) is 4.08. The molecule has 1 saturated heterocycles. The third kappa shape index (κ3) is 5.67. The number of nitrogens with one attached hydrogen (secondary N) is 1. The monoisotopic (exact) mass is 413 g/mol. The van der Waals surface area contributed by atoms with Crippen LogP contribution in [0.15, 0.2) is 64.6 Å². The highest BCUT2D eigenvalue weighted by Gasteiger charge is 2.23. The Morgan fingerprint density at radius 1 is 0.897 bits per heavy atom. The molecule has 3 rings (SSSR count). The number of hydrogen-bond acceptors (Lipinski definition) is 4. The summed E-state index contributed by atoms with van der Waals surface area (Å²) >= 11 is 0. The van der Waals surface area contributed by atoms with Crippen LogP contribution in [0, 0.1) is 6.92 Å². The number of carbonyl (C=O) groups excluding carboxylic acids is 1. The average molecular weight is 414 g/mol. The SMILES string of the molecule is Cc1ccc(S(=O)(=O)N/N=C(/C(=O)N2CCCCCCC2)c2ccccc2)cc1. The number of sulfonamides is 1. The van der Waals surface area contributed by atoms with Crippen LogP contribution in [0.4, 0.5) is 0 Å². The van der Waals surface area contributed by atoms with Crippen LogP contribution in [0.25, 0.3) is 0 Å². The molecule has 0 saturated carbocycles. The molecule has 1 amide bonds. The molecule has 0 aromatic heterocycles. The number of amides is 1. The second-order valence-corrected chi connectivity index (χ2v) is 8.96. The Balaban J connectivity index is 1.89. The lowest BCUT2D eigenvalue weighted by atomic mass is 10.1. The van der Waals surface area contributed by atoms with Gasteiger partial charge in [0.05, 0.1) is 4.90 Å². The molecule has 29 heavy (non-hydrogen) atoms. The number of aryl methyl sites for hydroxylation is 1. The van der Waals surface area contributed by atoms with Crippen molar-refractivity contribution in [3.05, 3.63) is 65.7 Å². The molecule has 1 aliphatic heterocycles. The summed E-state index contributed by atoms with van der Waals surface area (Å²) in [6, 6.07) is 15.5. The number of hydrogen-bond donors (Lipinski definition) is 1. The fourth-order valence-electron chi connectivity index (χ4n) is 3.31. The zero-order valence-corrected chi connectivity index (χ0v) is 17.5. The first-order valence-electron chi connectivity index (χ1n) is 9.98. The minimum atomic E-state index is -3.87. The number of rotatable bonds is 5. The molecule has 154 valence electrons. The zero-order valence-electron chi connectivity index (χ0n) is 16.7. The maximum absolute atomic E-state index is 13.2. The van der Waals surface area contributed by atoms with E-state index in [4.69, 9.17) is 0 Å². The van der Waals surface area contributed by atoms with Crippen molar-refractivity contribution in [3.63, 3.8) is 0 Å². The van der Waals surface area contributed by atoms with Gasteiger partial charge in [-0.2, -0.15) is 18.4 Å². The Labute approximate surface area is 172 Å². The summed E-state index contributed by atoms with van der Waals surface area (Å²) in [5.41, 5.74) is 1.66. The first kappa shape index (κ1) is 21.0. The summed E-state index contributed by atoms with van der Waals surface area (Å²) in [4.78, 5) is 17.4. The van der Waals surface area contributed by atoms with Crippen LogP contribution >= 0.6 is 0 Å². The Bertz CT molecular complexity index is 947. The van der Waals surface area contributed by atoms with Crippen LogP contribution in [-0.4, -0.2) is 38.0 Å². The van der Waals surface area contributed by atoms with E-state index in [1.165, 1.54) is 18.6 Å². The molecule has 6 nitrogen and oxygen atoms in total. The quantitative estimate of drug-likeness (QED) is 0.602. The van der Waals surface area contributed by atoms with Crippen molar-refractivity contribution >= 4 is 21.6 Å².